The first-order valence-corrected chi connectivity index (χ1v) is 16.8. The number of ether oxygens (including phenoxy) is 2. The first-order valence-electron chi connectivity index (χ1n) is 13.8. The summed E-state index contributed by atoms with van der Waals surface area (Å²) in [4.78, 5) is 29.0. The van der Waals surface area contributed by atoms with Crippen molar-refractivity contribution in [1.29, 1.82) is 0 Å². The highest BCUT2D eigenvalue weighted by Crippen LogP contribution is 2.11. The number of nitrogens with one attached hydrogen (secondary N) is 2. The number of carbonyl (C=O) groups is 2. The van der Waals surface area contributed by atoms with Crippen molar-refractivity contribution in [3.05, 3.63) is 59.7 Å². The van der Waals surface area contributed by atoms with Gasteiger partial charge in [0.05, 0.1) is 36.2 Å². The third-order valence-electron chi connectivity index (χ3n) is 6.65. The third kappa shape index (κ3) is 10.7. The SMILES string of the molecule is Cc1ccc(S(=O)(=O)NCCC(=O)N2CCOCCN(C(=O)CCNS(=O)(=O)c3ccc(C)cc3)CCOCC2)cc1. The van der Waals surface area contributed by atoms with Crippen molar-refractivity contribution in [2.45, 2.75) is 36.5 Å². The predicted octanol–water partition coefficient (Wildman–Crippen LogP) is 1.04. The Morgan fingerprint density at radius 1 is 0.619 bits per heavy atom. The summed E-state index contributed by atoms with van der Waals surface area (Å²) in [5.41, 5.74) is 1.89. The van der Waals surface area contributed by atoms with Crippen molar-refractivity contribution in [2.75, 3.05) is 65.7 Å². The van der Waals surface area contributed by atoms with Gasteiger partial charge >= 0.3 is 0 Å². The van der Waals surface area contributed by atoms with E-state index in [0.29, 0.717) is 26.2 Å². The molecular weight excluding hydrogens is 584 g/mol. The second-order valence-electron chi connectivity index (χ2n) is 9.91. The first kappa shape index (κ1) is 33.6. The van der Waals surface area contributed by atoms with E-state index in [1.54, 1.807) is 34.1 Å². The van der Waals surface area contributed by atoms with E-state index in [-0.39, 0.29) is 74.0 Å². The minimum absolute atomic E-state index is 0.0129. The van der Waals surface area contributed by atoms with E-state index in [1.807, 2.05) is 13.8 Å². The lowest BCUT2D eigenvalue weighted by molar-refractivity contribution is -0.134. The van der Waals surface area contributed by atoms with Crippen LogP contribution in [0.5, 0.6) is 0 Å². The Balaban J connectivity index is 1.41. The van der Waals surface area contributed by atoms with Crippen molar-refractivity contribution in [3.8, 4) is 0 Å². The van der Waals surface area contributed by atoms with Crippen LogP contribution in [0.2, 0.25) is 0 Å². The molecule has 2 N–H and O–H groups in total. The van der Waals surface area contributed by atoms with Crippen molar-refractivity contribution < 1.29 is 35.9 Å². The molecule has 1 saturated heterocycles. The number of hydrogen-bond acceptors (Lipinski definition) is 8. The van der Waals surface area contributed by atoms with Gasteiger partial charge in [-0.1, -0.05) is 35.4 Å². The summed E-state index contributed by atoms with van der Waals surface area (Å²) < 4.78 is 66.1. The molecule has 14 heteroatoms. The molecule has 0 unspecified atom stereocenters. The standard InChI is InChI=1S/C28H40N4O8S2/c1-23-3-7-25(8-4-23)41(35,36)29-13-11-27(33)31-15-19-39-21-17-32(18-22-40-20-16-31)28(34)12-14-30-42(37,38)26-9-5-24(2)6-10-26/h3-10,29-30H,11-22H2,1-2H3. The second-order valence-corrected chi connectivity index (χ2v) is 13.4. The lowest BCUT2D eigenvalue weighted by atomic mass is 10.2. The van der Waals surface area contributed by atoms with Gasteiger partial charge in [0.1, 0.15) is 0 Å². The number of hydrogen-bond donors (Lipinski definition) is 2. The van der Waals surface area contributed by atoms with Gasteiger partial charge < -0.3 is 19.3 Å². The molecule has 1 aliphatic heterocycles. The highest BCUT2D eigenvalue weighted by atomic mass is 32.2. The molecule has 0 saturated carbocycles. The number of nitrogens with zero attached hydrogens (tertiary/aromatic N) is 2. The van der Waals surface area contributed by atoms with Gasteiger partial charge in [-0.3, -0.25) is 9.59 Å². The van der Waals surface area contributed by atoms with Crippen LogP contribution >= 0.6 is 0 Å². The molecule has 0 atom stereocenters. The maximum absolute atomic E-state index is 12.8. The number of aryl methyl sites for hydroxylation is 2. The number of carbonyl (C=O) groups excluding carboxylic acids is 2. The van der Waals surface area contributed by atoms with Gasteiger partial charge in [-0.25, -0.2) is 26.3 Å². The fourth-order valence-electron chi connectivity index (χ4n) is 4.13. The monoisotopic (exact) mass is 624 g/mol. The van der Waals surface area contributed by atoms with E-state index in [4.69, 9.17) is 9.47 Å². The Labute approximate surface area is 248 Å². The van der Waals surface area contributed by atoms with Gasteiger partial charge in [-0.05, 0) is 38.1 Å². The zero-order valence-corrected chi connectivity index (χ0v) is 25.7. The molecule has 0 radical (unpaired) electrons. The molecule has 1 aliphatic rings. The van der Waals surface area contributed by atoms with Crippen LogP contribution in [0, 0.1) is 13.8 Å². The summed E-state index contributed by atoms with van der Waals surface area (Å²) in [5.74, 6) is -0.452. The number of benzene rings is 2. The number of rotatable bonds is 10. The van der Waals surface area contributed by atoms with Crippen LogP contribution in [-0.2, 0) is 39.1 Å². The lowest BCUT2D eigenvalue weighted by Crippen LogP contribution is -2.42. The molecule has 1 heterocycles. The zero-order valence-electron chi connectivity index (χ0n) is 24.1. The van der Waals surface area contributed by atoms with Gasteiger partial charge in [0.25, 0.3) is 0 Å². The molecule has 0 aliphatic carbocycles. The Kier molecular flexibility index (Phi) is 12.9. The Bertz CT molecular complexity index is 1260. The summed E-state index contributed by atoms with van der Waals surface area (Å²) >= 11 is 0. The molecule has 2 amide bonds. The van der Waals surface area contributed by atoms with Gasteiger partial charge in [0.2, 0.25) is 31.9 Å². The average Bonchev–Trinajstić information content (AvgIpc) is 2.93. The summed E-state index contributed by atoms with van der Waals surface area (Å²) in [6.07, 6.45) is -0.0257. The van der Waals surface area contributed by atoms with E-state index >= 15 is 0 Å². The molecule has 0 spiro atoms. The molecule has 0 aromatic heterocycles. The minimum atomic E-state index is -3.71. The van der Waals surface area contributed by atoms with Crippen LogP contribution in [0.3, 0.4) is 0 Å². The van der Waals surface area contributed by atoms with E-state index in [1.165, 1.54) is 24.3 Å². The molecule has 232 valence electrons. The van der Waals surface area contributed by atoms with E-state index in [9.17, 15) is 26.4 Å². The third-order valence-corrected chi connectivity index (χ3v) is 9.61. The average molecular weight is 625 g/mol. The molecule has 12 nitrogen and oxygen atoms in total. The van der Waals surface area contributed by atoms with Gasteiger partial charge in [0, 0.05) is 52.1 Å². The first-order chi connectivity index (χ1) is 20.0. The second kappa shape index (κ2) is 16.1. The fraction of sp³-hybridized carbons (Fsp3) is 0.500. The largest absolute Gasteiger partial charge is 0.378 e. The molecule has 1 fully saturated rings. The van der Waals surface area contributed by atoms with Crippen LogP contribution in [0.15, 0.2) is 58.3 Å². The van der Waals surface area contributed by atoms with Gasteiger partial charge in [0.15, 0.2) is 0 Å². The number of amides is 2. The van der Waals surface area contributed by atoms with Crippen molar-refractivity contribution >= 4 is 31.9 Å². The summed E-state index contributed by atoms with van der Waals surface area (Å²) in [6, 6.07) is 12.9. The quantitative estimate of drug-likeness (QED) is 0.398. The van der Waals surface area contributed by atoms with Crippen LogP contribution in [0.1, 0.15) is 24.0 Å². The molecule has 2 aromatic rings. The molecule has 3 rings (SSSR count). The van der Waals surface area contributed by atoms with Crippen molar-refractivity contribution in [3.63, 3.8) is 0 Å². The summed E-state index contributed by atoms with van der Waals surface area (Å²) in [7, 11) is -7.42. The molecule has 42 heavy (non-hydrogen) atoms. The maximum atomic E-state index is 12.8. The smallest absolute Gasteiger partial charge is 0.240 e. The van der Waals surface area contributed by atoms with Gasteiger partial charge in [-0.2, -0.15) is 0 Å². The van der Waals surface area contributed by atoms with E-state index in [2.05, 4.69) is 9.44 Å². The maximum Gasteiger partial charge on any atom is 0.240 e. The predicted molar refractivity (Wildman–Crippen MR) is 157 cm³/mol. The zero-order chi connectivity index (χ0) is 30.6. The fourth-order valence-corrected chi connectivity index (χ4v) is 6.19. The van der Waals surface area contributed by atoms with E-state index < -0.39 is 20.0 Å². The Morgan fingerprint density at radius 3 is 1.24 bits per heavy atom. The lowest BCUT2D eigenvalue weighted by Gasteiger charge is -2.26. The van der Waals surface area contributed by atoms with Crippen molar-refractivity contribution in [1.82, 2.24) is 19.2 Å². The number of sulfonamides is 2. The summed E-state index contributed by atoms with van der Waals surface area (Å²) in [6.45, 7) is 5.78. The Morgan fingerprint density at radius 2 is 0.929 bits per heavy atom. The van der Waals surface area contributed by atoms with Crippen LogP contribution < -0.4 is 9.44 Å². The molecule has 0 bridgehead atoms. The van der Waals surface area contributed by atoms with Crippen LogP contribution in [0.4, 0.5) is 0 Å². The minimum Gasteiger partial charge on any atom is -0.378 e. The van der Waals surface area contributed by atoms with E-state index in [0.717, 1.165) is 11.1 Å². The highest BCUT2D eigenvalue weighted by molar-refractivity contribution is 7.89. The Hall–Kier alpha value is -2.88. The highest BCUT2D eigenvalue weighted by Gasteiger charge is 2.20. The molecule has 2 aromatic carbocycles. The normalized spacial score (nSPS) is 16.0. The van der Waals surface area contributed by atoms with Gasteiger partial charge in [-0.15, -0.1) is 0 Å². The van der Waals surface area contributed by atoms with Crippen LogP contribution in [0.25, 0.3) is 0 Å². The molecular formula is C28H40N4O8S2. The summed E-state index contributed by atoms with van der Waals surface area (Å²) in [5, 5.41) is 0. The van der Waals surface area contributed by atoms with Crippen molar-refractivity contribution in [2.24, 2.45) is 0 Å². The topological polar surface area (TPSA) is 151 Å². The van der Waals surface area contributed by atoms with Crippen LogP contribution in [-0.4, -0.2) is 104 Å².